The lowest BCUT2D eigenvalue weighted by Crippen LogP contribution is -2.39. The molecular weight excluding hydrogens is 276 g/mol. The van der Waals surface area contributed by atoms with Crippen LogP contribution in [-0.2, 0) is 9.53 Å². The van der Waals surface area contributed by atoms with Crippen LogP contribution in [0.4, 0.5) is 11.4 Å². The number of hydrogen-bond donors (Lipinski definition) is 1. The van der Waals surface area contributed by atoms with Crippen LogP contribution < -0.4 is 10.6 Å². The maximum absolute atomic E-state index is 12.0. The maximum Gasteiger partial charge on any atom is 0.310 e. The summed E-state index contributed by atoms with van der Waals surface area (Å²) < 4.78 is 5.19. The lowest BCUT2D eigenvalue weighted by atomic mass is 9.96. The molecule has 0 amide bonds. The largest absolute Gasteiger partial charge is 0.466 e. The maximum atomic E-state index is 12.0. The fourth-order valence-electron chi connectivity index (χ4n) is 3.23. The predicted octanol–water partition coefficient (Wildman–Crippen LogP) is 3.20. The highest BCUT2D eigenvalue weighted by atomic mass is 16.5. The van der Waals surface area contributed by atoms with Crippen LogP contribution >= 0.6 is 0 Å². The van der Waals surface area contributed by atoms with Gasteiger partial charge in [-0.25, -0.2) is 0 Å². The smallest absolute Gasteiger partial charge is 0.310 e. The highest BCUT2D eigenvalue weighted by Gasteiger charge is 2.27. The molecule has 1 heterocycles. The van der Waals surface area contributed by atoms with Gasteiger partial charge in [-0.3, -0.25) is 4.79 Å². The number of fused-ring (bicyclic) bond motifs is 1. The summed E-state index contributed by atoms with van der Waals surface area (Å²) in [6, 6.07) is 12.2. The molecule has 0 spiro atoms. The van der Waals surface area contributed by atoms with Crippen molar-refractivity contribution in [2.75, 3.05) is 30.3 Å². The third-order valence-electron chi connectivity index (χ3n) is 4.32. The second-order valence-electron chi connectivity index (χ2n) is 5.76. The van der Waals surface area contributed by atoms with Gasteiger partial charge >= 0.3 is 5.97 Å². The second-order valence-corrected chi connectivity index (χ2v) is 5.76. The number of rotatable bonds is 3. The first kappa shape index (κ1) is 14.7. The SMILES string of the molecule is CCOC(=O)C1CCCN(c2ccc(N)c3ccccc23)C1. The van der Waals surface area contributed by atoms with E-state index < -0.39 is 0 Å². The van der Waals surface area contributed by atoms with E-state index in [2.05, 4.69) is 17.0 Å². The zero-order chi connectivity index (χ0) is 15.5. The van der Waals surface area contributed by atoms with Gasteiger partial charge in [0.25, 0.3) is 0 Å². The summed E-state index contributed by atoms with van der Waals surface area (Å²) in [4.78, 5) is 14.3. The highest BCUT2D eigenvalue weighted by Crippen LogP contribution is 2.33. The molecule has 2 N–H and O–H groups in total. The van der Waals surface area contributed by atoms with Crippen LogP contribution in [0, 0.1) is 5.92 Å². The van der Waals surface area contributed by atoms with Crippen molar-refractivity contribution < 1.29 is 9.53 Å². The van der Waals surface area contributed by atoms with E-state index in [0.717, 1.165) is 41.5 Å². The minimum atomic E-state index is -0.0769. The van der Waals surface area contributed by atoms with Crippen molar-refractivity contribution in [3.8, 4) is 0 Å². The van der Waals surface area contributed by atoms with Crippen LogP contribution in [0.25, 0.3) is 10.8 Å². The van der Waals surface area contributed by atoms with Gasteiger partial charge in [-0.2, -0.15) is 0 Å². The normalized spacial score (nSPS) is 18.4. The van der Waals surface area contributed by atoms with Gasteiger partial charge in [-0.05, 0) is 31.9 Å². The number of carbonyl (C=O) groups excluding carboxylic acids is 1. The van der Waals surface area contributed by atoms with Gasteiger partial charge in [0, 0.05) is 35.2 Å². The number of nitrogens with two attached hydrogens (primary N) is 1. The summed E-state index contributed by atoms with van der Waals surface area (Å²) in [6.07, 6.45) is 1.91. The molecule has 4 nitrogen and oxygen atoms in total. The number of ether oxygens (including phenoxy) is 1. The summed E-state index contributed by atoms with van der Waals surface area (Å²) in [5, 5.41) is 2.21. The predicted molar refractivity (Wildman–Crippen MR) is 89.9 cm³/mol. The van der Waals surface area contributed by atoms with E-state index in [0.29, 0.717) is 13.2 Å². The van der Waals surface area contributed by atoms with Crippen LogP contribution in [-0.4, -0.2) is 25.7 Å². The molecule has 0 bridgehead atoms. The van der Waals surface area contributed by atoms with Gasteiger partial charge in [-0.15, -0.1) is 0 Å². The average molecular weight is 298 g/mol. The van der Waals surface area contributed by atoms with Crippen LogP contribution in [0.2, 0.25) is 0 Å². The summed E-state index contributed by atoms with van der Waals surface area (Å²) in [5.74, 6) is -0.114. The van der Waals surface area contributed by atoms with Gasteiger partial charge in [0.15, 0.2) is 0 Å². The Morgan fingerprint density at radius 1 is 1.27 bits per heavy atom. The molecule has 1 unspecified atom stereocenters. The molecule has 0 radical (unpaired) electrons. The number of nitrogens with zero attached hydrogens (tertiary/aromatic N) is 1. The van der Waals surface area contributed by atoms with E-state index in [9.17, 15) is 4.79 Å². The molecule has 1 saturated heterocycles. The van der Waals surface area contributed by atoms with Gasteiger partial charge in [0.2, 0.25) is 0 Å². The molecule has 116 valence electrons. The van der Waals surface area contributed by atoms with Crippen molar-refractivity contribution in [1.82, 2.24) is 0 Å². The highest BCUT2D eigenvalue weighted by molar-refractivity contribution is 6.01. The summed E-state index contributed by atoms with van der Waals surface area (Å²) in [6.45, 7) is 3.97. The Morgan fingerprint density at radius 2 is 2.05 bits per heavy atom. The molecule has 22 heavy (non-hydrogen) atoms. The van der Waals surface area contributed by atoms with Crippen LogP contribution in [0.5, 0.6) is 0 Å². The zero-order valence-electron chi connectivity index (χ0n) is 12.9. The van der Waals surface area contributed by atoms with E-state index >= 15 is 0 Å². The first-order chi connectivity index (χ1) is 10.7. The van der Waals surface area contributed by atoms with Gasteiger partial charge in [-0.1, -0.05) is 24.3 Å². The molecule has 4 heteroatoms. The Hall–Kier alpha value is -2.23. The Balaban J connectivity index is 1.91. The molecule has 2 aromatic rings. The average Bonchev–Trinajstić information content (AvgIpc) is 2.56. The van der Waals surface area contributed by atoms with Crippen molar-refractivity contribution >= 4 is 28.1 Å². The lowest BCUT2D eigenvalue weighted by molar-refractivity contribution is -0.148. The molecule has 1 aliphatic rings. The fraction of sp³-hybridized carbons (Fsp3) is 0.389. The number of anilines is 2. The third kappa shape index (κ3) is 2.73. The van der Waals surface area contributed by atoms with Crippen molar-refractivity contribution in [3.05, 3.63) is 36.4 Å². The van der Waals surface area contributed by atoms with Crippen LogP contribution in [0.3, 0.4) is 0 Å². The molecule has 1 atom stereocenters. The van der Waals surface area contributed by atoms with E-state index in [1.54, 1.807) is 0 Å². The van der Waals surface area contributed by atoms with Crippen LogP contribution in [0.1, 0.15) is 19.8 Å². The first-order valence-corrected chi connectivity index (χ1v) is 7.89. The third-order valence-corrected chi connectivity index (χ3v) is 4.32. The number of piperidine rings is 1. The zero-order valence-corrected chi connectivity index (χ0v) is 12.9. The number of hydrogen-bond acceptors (Lipinski definition) is 4. The quantitative estimate of drug-likeness (QED) is 0.698. The number of nitrogen functional groups attached to an aromatic ring is 1. The number of carbonyl (C=O) groups is 1. The van der Waals surface area contributed by atoms with Crippen molar-refractivity contribution in [3.63, 3.8) is 0 Å². The molecule has 0 aromatic heterocycles. The van der Waals surface area contributed by atoms with E-state index in [1.807, 2.05) is 31.2 Å². The van der Waals surface area contributed by atoms with E-state index in [4.69, 9.17) is 10.5 Å². The first-order valence-electron chi connectivity index (χ1n) is 7.89. The summed E-state index contributed by atoms with van der Waals surface area (Å²) in [5.41, 5.74) is 8.02. The summed E-state index contributed by atoms with van der Waals surface area (Å²) in [7, 11) is 0. The van der Waals surface area contributed by atoms with Crippen molar-refractivity contribution in [2.24, 2.45) is 5.92 Å². The van der Waals surface area contributed by atoms with Gasteiger partial charge in [0.1, 0.15) is 0 Å². The molecule has 1 aliphatic heterocycles. The van der Waals surface area contributed by atoms with Crippen molar-refractivity contribution in [2.45, 2.75) is 19.8 Å². The van der Waals surface area contributed by atoms with Crippen LogP contribution in [0.15, 0.2) is 36.4 Å². The minimum Gasteiger partial charge on any atom is -0.466 e. The molecular formula is C18H22N2O2. The Labute approximate surface area is 130 Å². The minimum absolute atomic E-state index is 0.0370. The molecule has 0 aliphatic carbocycles. The topological polar surface area (TPSA) is 55.6 Å². The molecule has 3 rings (SSSR count). The van der Waals surface area contributed by atoms with Crippen molar-refractivity contribution in [1.29, 1.82) is 0 Å². The van der Waals surface area contributed by atoms with Gasteiger partial charge in [0.05, 0.1) is 12.5 Å². The second kappa shape index (κ2) is 6.26. The Morgan fingerprint density at radius 3 is 2.82 bits per heavy atom. The summed E-state index contributed by atoms with van der Waals surface area (Å²) >= 11 is 0. The number of benzene rings is 2. The monoisotopic (exact) mass is 298 g/mol. The van der Waals surface area contributed by atoms with Gasteiger partial charge < -0.3 is 15.4 Å². The number of esters is 1. The van der Waals surface area contributed by atoms with E-state index in [-0.39, 0.29) is 11.9 Å². The Bertz CT molecular complexity index is 684. The fourth-order valence-corrected chi connectivity index (χ4v) is 3.23. The molecule has 1 fully saturated rings. The Kier molecular flexibility index (Phi) is 4.18. The molecule has 0 saturated carbocycles. The lowest BCUT2D eigenvalue weighted by Gasteiger charge is -2.34. The standard InChI is InChI=1S/C18H22N2O2/c1-2-22-18(21)13-6-5-11-20(12-13)17-10-9-16(19)14-7-3-4-8-15(14)17/h3-4,7-10,13H,2,5-6,11-12,19H2,1H3. The van der Waals surface area contributed by atoms with E-state index in [1.165, 1.54) is 0 Å². The molecule has 2 aromatic carbocycles.